The van der Waals surface area contributed by atoms with E-state index in [-0.39, 0.29) is 5.82 Å². The highest BCUT2D eigenvalue weighted by Crippen LogP contribution is 1.95. The maximum absolute atomic E-state index is 8.43. The summed E-state index contributed by atoms with van der Waals surface area (Å²) in [6.45, 7) is 4.00. The van der Waals surface area contributed by atoms with Gasteiger partial charge in [0.05, 0.1) is 6.20 Å². The molecular formula is C8H9N5. The first-order chi connectivity index (χ1) is 6.40. The zero-order valence-electron chi connectivity index (χ0n) is 7.47. The molecule has 0 amide bonds. The van der Waals surface area contributed by atoms with E-state index < -0.39 is 0 Å². The fraction of sp³-hybridized carbons (Fsp3) is 0.250. The van der Waals surface area contributed by atoms with E-state index in [9.17, 15) is 0 Å². The van der Waals surface area contributed by atoms with Crippen LogP contribution in [0.1, 0.15) is 19.7 Å². The Kier molecular flexibility index (Phi) is 2.92. The van der Waals surface area contributed by atoms with Crippen LogP contribution in [-0.2, 0) is 0 Å². The van der Waals surface area contributed by atoms with Crippen LogP contribution in [0.5, 0.6) is 0 Å². The number of nitriles is 1. The zero-order chi connectivity index (χ0) is 9.68. The number of nitrogens with zero attached hydrogens (tertiary/aromatic N) is 5. The quantitative estimate of drug-likeness (QED) is 0.599. The van der Waals surface area contributed by atoms with Gasteiger partial charge in [0.25, 0.3) is 0 Å². The topological polar surface area (TPSA) is 66.9 Å². The molecule has 66 valence electrons. The molecule has 5 heteroatoms. The second kappa shape index (κ2) is 4.16. The van der Waals surface area contributed by atoms with E-state index in [0.29, 0.717) is 5.65 Å². The highest BCUT2D eigenvalue weighted by atomic mass is 15.3. The van der Waals surface area contributed by atoms with Gasteiger partial charge < -0.3 is 0 Å². The monoisotopic (exact) mass is 175 g/mol. The summed E-state index contributed by atoms with van der Waals surface area (Å²) in [5.41, 5.74) is 0.636. The molecule has 0 unspecified atom stereocenters. The second-order valence-corrected chi connectivity index (χ2v) is 1.93. The Morgan fingerprint density at radius 3 is 2.92 bits per heavy atom. The third-order valence-corrected chi connectivity index (χ3v) is 1.26. The van der Waals surface area contributed by atoms with Crippen molar-refractivity contribution >= 4 is 5.65 Å². The lowest BCUT2D eigenvalue weighted by Gasteiger charge is -1.88. The van der Waals surface area contributed by atoms with Crippen molar-refractivity contribution < 1.29 is 0 Å². The van der Waals surface area contributed by atoms with Crippen LogP contribution in [0.2, 0.25) is 0 Å². The van der Waals surface area contributed by atoms with E-state index in [2.05, 4.69) is 15.1 Å². The molecule has 0 aliphatic heterocycles. The first kappa shape index (κ1) is 9.13. The maximum Gasteiger partial charge on any atom is 0.235 e. The van der Waals surface area contributed by atoms with Gasteiger partial charge in [-0.05, 0) is 0 Å². The third kappa shape index (κ3) is 1.79. The van der Waals surface area contributed by atoms with Crippen molar-refractivity contribution in [1.82, 2.24) is 19.6 Å². The van der Waals surface area contributed by atoms with Crippen molar-refractivity contribution in [3.63, 3.8) is 0 Å². The molecular weight excluding hydrogens is 166 g/mol. The maximum atomic E-state index is 8.43. The Labute approximate surface area is 75.7 Å². The predicted octanol–water partition coefficient (Wildman–Crippen LogP) is 1.02. The van der Waals surface area contributed by atoms with Gasteiger partial charge in [-0.25, -0.2) is 9.50 Å². The number of rotatable bonds is 0. The van der Waals surface area contributed by atoms with Crippen LogP contribution in [0.4, 0.5) is 0 Å². The molecule has 13 heavy (non-hydrogen) atoms. The van der Waals surface area contributed by atoms with Gasteiger partial charge in [-0.2, -0.15) is 15.3 Å². The van der Waals surface area contributed by atoms with Crippen molar-refractivity contribution in [2.75, 3.05) is 0 Å². The molecule has 0 aliphatic rings. The molecule has 2 aromatic heterocycles. The number of hydrogen-bond donors (Lipinski definition) is 0. The molecule has 2 heterocycles. The minimum Gasteiger partial charge on any atom is -0.207 e. The summed E-state index contributed by atoms with van der Waals surface area (Å²) in [7, 11) is 0. The van der Waals surface area contributed by atoms with Gasteiger partial charge in [-0.1, -0.05) is 13.8 Å². The van der Waals surface area contributed by atoms with E-state index in [1.54, 1.807) is 12.3 Å². The van der Waals surface area contributed by atoms with Gasteiger partial charge in [0.2, 0.25) is 5.82 Å². The fourth-order valence-corrected chi connectivity index (χ4v) is 0.785. The predicted molar refractivity (Wildman–Crippen MR) is 46.8 cm³/mol. The van der Waals surface area contributed by atoms with Gasteiger partial charge in [0, 0.05) is 6.07 Å². The minimum absolute atomic E-state index is 0.165. The van der Waals surface area contributed by atoms with Gasteiger partial charge in [0.15, 0.2) is 5.65 Å². The third-order valence-electron chi connectivity index (χ3n) is 1.26. The van der Waals surface area contributed by atoms with Crippen LogP contribution in [0.3, 0.4) is 0 Å². The Morgan fingerprint density at radius 2 is 2.23 bits per heavy atom. The largest absolute Gasteiger partial charge is 0.235 e. The average molecular weight is 175 g/mol. The molecule has 2 rings (SSSR count). The summed E-state index contributed by atoms with van der Waals surface area (Å²) in [5.74, 6) is 0.165. The van der Waals surface area contributed by atoms with Crippen LogP contribution in [0.25, 0.3) is 5.65 Å². The van der Waals surface area contributed by atoms with Crippen LogP contribution in [-0.4, -0.2) is 19.6 Å². The van der Waals surface area contributed by atoms with E-state index in [0.717, 1.165) is 0 Å². The number of hydrogen-bond acceptors (Lipinski definition) is 4. The van der Waals surface area contributed by atoms with E-state index in [4.69, 9.17) is 5.26 Å². The molecule has 0 saturated heterocycles. The Hall–Kier alpha value is -1.96. The van der Waals surface area contributed by atoms with Crippen LogP contribution >= 0.6 is 0 Å². The summed E-state index contributed by atoms with van der Waals surface area (Å²) in [4.78, 5) is 7.61. The highest BCUT2D eigenvalue weighted by Gasteiger charge is 1.96. The van der Waals surface area contributed by atoms with E-state index in [1.165, 1.54) is 10.8 Å². The Morgan fingerprint density at radius 1 is 1.46 bits per heavy atom. The lowest BCUT2D eigenvalue weighted by Crippen LogP contribution is -1.95. The van der Waals surface area contributed by atoms with Gasteiger partial charge in [0.1, 0.15) is 12.4 Å². The van der Waals surface area contributed by atoms with Crippen molar-refractivity contribution in [2.24, 2.45) is 0 Å². The Balaban J connectivity index is 0.000000396. The molecule has 0 spiro atoms. The lowest BCUT2D eigenvalue weighted by molar-refractivity contribution is 0.882. The minimum atomic E-state index is 0.165. The van der Waals surface area contributed by atoms with Crippen LogP contribution < -0.4 is 0 Å². The summed E-state index contributed by atoms with van der Waals surface area (Å²) in [6.07, 6.45) is 3.06. The van der Waals surface area contributed by atoms with Gasteiger partial charge >= 0.3 is 0 Å². The smallest absolute Gasteiger partial charge is 0.207 e. The molecule has 0 bridgehead atoms. The van der Waals surface area contributed by atoms with Gasteiger partial charge in [-0.3, -0.25) is 0 Å². The summed E-state index contributed by atoms with van der Waals surface area (Å²) in [6, 6.07) is 3.56. The second-order valence-electron chi connectivity index (χ2n) is 1.93. The molecule has 2 aromatic rings. The average Bonchev–Trinajstić information content (AvgIpc) is 2.67. The van der Waals surface area contributed by atoms with Crippen molar-refractivity contribution in [1.29, 1.82) is 5.26 Å². The van der Waals surface area contributed by atoms with Crippen molar-refractivity contribution in [3.8, 4) is 6.07 Å². The number of aromatic nitrogens is 4. The normalized spacial score (nSPS) is 8.69. The first-order valence-corrected chi connectivity index (χ1v) is 3.96. The molecule has 0 N–H and O–H groups in total. The highest BCUT2D eigenvalue weighted by molar-refractivity contribution is 5.36. The molecule has 0 aromatic carbocycles. The Bertz CT molecular complexity index is 425. The fourth-order valence-electron chi connectivity index (χ4n) is 0.785. The standard InChI is InChI=1S/C6H3N5.C2H6/c7-3-5-8-4-11-6(10-5)1-2-9-11;1-2/h1-2,4H;1-2H3. The van der Waals surface area contributed by atoms with Crippen LogP contribution in [0, 0.1) is 11.3 Å². The number of fused-ring (bicyclic) bond motifs is 1. The summed E-state index contributed by atoms with van der Waals surface area (Å²) < 4.78 is 1.50. The zero-order valence-corrected chi connectivity index (χ0v) is 7.47. The first-order valence-electron chi connectivity index (χ1n) is 3.96. The molecule has 0 fully saturated rings. The van der Waals surface area contributed by atoms with Crippen molar-refractivity contribution in [3.05, 3.63) is 24.4 Å². The van der Waals surface area contributed by atoms with E-state index >= 15 is 0 Å². The molecule has 0 saturated carbocycles. The van der Waals surface area contributed by atoms with E-state index in [1.807, 2.05) is 19.9 Å². The SMILES string of the molecule is CC.N#Cc1ncn2nccc2n1. The molecule has 5 nitrogen and oxygen atoms in total. The van der Waals surface area contributed by atoms with Crippen molar-refractivity contribution in [2.45, 2.75) is 13.8 Å². The molecule has 0 radical (unpaired) electrons. The summed E-state index contributed by atoms with van der Waals surface area (Å²) >= 11 is 0. The lowest BCUT2D eigenvalue weighted by atomic mass is 10.6. The molecule has 0 atom stereocenters. The van der Waals surface area contributed by atoms with Gasteiger partial charge in [-0.15, -0.1) is 0 Å². The summed E-state index contributed by atoms with van der Waals surface area (Å²) in [5, 5.41) is 12.3. The molecule has 0 aliphatic carbocycles. The van der Waals surface area contributed by atoms with Crippen LogP contribution in [0.15, 0.2) is 18.6 Å².